The molecular formula is C15H21IN4S. The third-order valence-electron chi connectivity index (χ3n) is 3.09. The number of aryl methyl sites for hydroxylation is 1. The standard InChI is InChI=1S/C15H20N4S.HI/c1-12-14(20-11-18-12)9-17-15(16-2)19(3)10-13-7-5-4-6-8-13;/h4-8,11H,9-10H2,1-3H3,(H,16,17);1H. The predicted octanol–water partition coefficient (Wildman–Crippen LogP) is 3.28. The Morgan fingerprint density at radius 2 is 2.05 bits per heavy atom. The van der Waals surface area contributed by atoms with Crippen molar-refractivity contribution in [1.82, 2.24) is 15.2 Å². The van der Waals surface area contributed by atoms with Crippen LogP contribution in [0, 0.1) is 6.92 Å². The fourth-order valence-corrected chi connectivity index (χ4v) is 2.69. The number of benzene rings is 1. The topological polar surface area (TPSA) is 40.5 Å². The summed E-state index contributed by atoms with van der Waals surface area (Å²) in [7, 11) is 3.85. The number of hydrogen-bond acceptors (Lipinski definition) is 3. The first kappa shape index (κ1) is 17.9. The maximum absolute atomic E-state index is 4.33. The molecule has 21 heavy (non-hydrogen) atoms. The molecule has 6 heteroatoms. The largest absolute Gasteiger partial charge is 0.351 e. The number of nitrogens with zero attached hydrogens (tertiary/aromatic N) is 3. The van der Waals surface area contributed by atoms with Crippen LogP contribution in [0.1, 0.15) is 16.1 Å². The minimum atomic E-state index is 0. The van der Waals surface area contributed by atoms with Crippen LogP contribution in [0.2, 0.25) is 0 Å². The summed E-state index contributed by atoms with van der Waals surface area (Å²) in [5.74, 6) is 0.890. The van der Waals surface area contributed by atoms with Crippen LogP contribution >= 0.6 is 35.3 Å². The van der Waals surface area contributed by atoms with Crippen molar-refractivity contribution in [2.24, 2.45) is 4.99 Å². The van der Waals surface area contributed by atoms with Crippen molar-refractivity contribution in [3.63, 3.8) is 0 Å². The van der Waals surface area contributed by atoms with Gasteiger partial charge in [0.15, 0.2) is 5.96 Å². The van der Waals surface area contributed by atoms with Gasteiger partial charge < -0.3 is 10.2 Å². The lowest BCUT2D eigenvalue weighted by Gasteiger charge is -2.22. The SMILES string of the molecule is CN=C(NCc1scnc1C)N(C)Cc1ccccc1.I. The Morgan fingerprint density at radius 1 is 1.33 bits per heavy atom. The molecule has 0 aliphatic heterocycles. The number of aliphatic imine (C=N–C) groups is 1. The maximum Gasteiger partial charge on any atom is 0.193 e. The van der Waals surface area contributed by atoms with Crippen LogP contribution in [0.25, 0.3) is 0 Å². The first-order valence-electron chi connectivity index (χ1n) is 6.55. The van der Waals surface area contributed by atoms with E-state index in [-0.39, 0.29) is 24.0 Å². The summed E-state index contributed by atoms with van der Waals surface area (Å²) in [6.07, 6.45) is 0. The average Bonchev–Trinajstić information content (AvgIpc) is 2.86. The van der Waals surface area contributed by atoms with Gasteiger partial charge >= 0.3 is 0 Å². The lowest BCUT2D eigenvalue weighted by Crippen LogP contribution is -2.38. The summed E-state index contributed by atoms with van der Waals surface area (Å²) in [5, 5.41) is 3.38. The Bertz CT molecular complexity index is 568. The Balaban J connectivity index is 0.00000220. The van der Waals surface area contributed by atoms with Gasteiger partial charge in [0.1, 0.15) is 0 Å². The molecule has 0 atom stereocenters. The summed E-state index contributed by atoms with van der Waals surface area (Å²) >= 11 is 1.67. The average molecular weight is 416 g/mol. The predicted molar refractivity (Wildman–Crippen MR) is 100 cm³/mol. The molecule has 0 aliphatic carbocycles. The molecule has 0 amide bonds. The van der Waals surface area contributed by atoms with Crippen molar-refractivity contribution in [3.8, 4) is 0 Å². The molecule has 0 bridgehead atoms. The van der Waals surface area contributed by atoms with Gasteiger partial charge in [-0.05, 0) is 12.5 Å². The van der Waals surface area contributed by atoms with Crippen LogP contribution in [0.3, 0.4) is 0 Å². The van der Waals surface area contributed by atoms with Gasteiger partial charge in [-0.2, -0.15) is 0 Å². The molecule has 0 radical (unpaired) electrons. The van der Waals surface area contributed by atoms with Crippen LogP contribution in [0.15, 0.2) is 40.8 Å². The first-order chi connectivity index (χ1) is 9.70. The van der Waals surface area contributed by atoms with Crippen molar-refractivity contribution >= 4 is 41.3 Å². The fraction of sp³-hybridized carbons (Fsp3) is 0.333. The van der Waals surface area contributed by atoms with Crippen molar-refractivity contribution in [2.45, 2.75) is 20.0 Å². The summed E-state index contributed by atoms with van der Waals surface area (Å²) < 4.78 is 0. The van der Waals surface area contributed by atoms with Crippen LogP contribution in [-0.4, -0.2) is 29.9 Å². The number of halogens is 1. The highest BCUT2D eigenvalue weighted by Crippen LogP contribution is 2.11. The lowest BCUT2D eigenvalue weighted by atomic mass is 10.2. The van der Waals surface area contributed by atoms with Crippen LogP contribution in [0.5, 0.6) is 0 Å². The van der Waals surface area contributed by atoms with Gasteiger partial charge in [-0.1, -0.05) is 30.3 Å². The second-order valence-corrected chi connectivity index (χ2v) is 5.54. The highest BCUT2D eigenvalue weighted by molar-refractivity contribution is 14.0. The Morgan fingerprint density at radius 3 is 2.62 bits per heavy atom. The van der Waals surface area contributed by atoms with E-state index < -0.39 is 0 Å². The van der Waals surface area contributed by atoms with Gasteiger partial charge in [-0.25, -0.2) is 4.98 Å². The van der Waals surface area contributed by atoms with E-state index in [9.17, 15) is 0 Å². The monoisotopic (exact) mass is 416 g/mol. The minimum absolute atomic E-state index is 0. The van der Waals surface area contributed by atoms with Crippen molar-refractivity contribution < 1.29 is 0 Å². The highest BCUT2D eigenvalue weighted by atomic mass is 127. The van der Waals surface area contributed by atoms with Gasteiger partial charge in [-0.15, -0.1) is 35.3 Å². The summed E-state index contributed by atoms with van der Waals surface area (Å²) in [5.41, 5.74) is 4.23. The lowest BCUT2D eigenvalue weighted by molar-refractivity contribution is 0.477. The molecule has 1 N–H and O–H groups in total. The third kappa shape index (κ3) is 5.28. The van der Waals surface area contributed by atoms with E-state index in [1.54, 1.807) is 11.3 Å². The molecule has 114 valence electrons. The Kier molecular flexibility index (Phi) is 7.66. The Hall–Kier alpha value is -1.15. The van der Waals surface area contributed by atoms with Crippen molar-refractivity contribution in [2.75, 3.05) is 14.1 Å². The van der Waals surface area contributed by atoms with E-state index in [2.05, 4.69) is 44.5 Å². The summed E-state index contributed by atoms with van der Waals surface area (Å²) in [6.45, 7) is 3.63. The van der Waals surface area contributed by atoms with Crippen molar-refractivity contribution in [1.29, 1.82) is 0 Å². The smallest absolute Gasteiger partial charge is 0.193 e. The third-order valence-corrected chi connectivity index (χ3v) is 4.02. The Labute approximate surface area is 147 Å². The summed E-state index contributed by atoms with van der Waals surface area (Å²) in [6, 6.07) is 10.4. The molecular weight excluding hydrogens is 395 g/mol. The van der Waals surface area contributed by atoms with Crippen LogP contribution in [-0.2, 0) is 13.1 Å². The van der Waals surface area contributed by atoms with Crippen LogP contribution in [0.4, 0.5) is 0 Å². The second kappa shape index (κ2) is 8.99. The molecule has 4 nitrogen and oxygen atoms in total. The zero-order valence-electron chi connectivity index (χ0n) is 12.5. The molecule has 0 saturated carbocycles. The van der Waals surface area contributed by atoms with E-state index >= 15 is 0 Å². The number of hydrogen-bond donors (Lipinski definition) is 1. The van der Waals surface area contributed by atoms with Gasteiger partial charge in [0.2, 0.25) is 0 Å². The molecule has 0 unspecified atom stereocenters. The fourth-order valence-electron chi connectivity index (χ4n) is 1.97. The zero-order chi connectivity index (χ0) is 14.4. The molecule has 0 saturated heterocycles. The van der Waals surface area contributed by atoms with E-state index in [1.165, 1.54) is 10.4 Å². The summed E-state index contributed by atoms with van der Waals surface area (Å²) in [4.78, 5) is 12.0. The van der Waals surface area contributed by atoms with E-state index in [0.29, 0.717) is 0 Å². The normalized spacial score (nSPS) is 10.9. The minimum Gasteiger partial charge on any atom is -0.351 e. The van der Waals surface area contributed by atoms with Crippen LogP contribution < -0.4 is 5.32 Å². The number of thiazole rings is 1. The highest BCUT2D eigenvalue weighted by Gasteiger charge is 2.08. The maximum atomic E-state index is 4.33. The second-order valence-electron chi connectivity index (χ2n) is 4.60. The van der Waals surface area contributed by atoms with Gasteiger partial charge in [0.05, 0.1) is 17.7 Å². The van der Waals surface area contributed by atoms with E-state index in [0.717, 1.165) is 24.7 Å². The molecule has 1 heterocycles. The van der Waals surface area contributed by atoms with E-state index in [1.807, 2.05) is 32.6 Å². The molecule has 1 aromatic carbocycles. The van der Waals surface area contributed by atoms with Gasteiger partial charge in [-0.3, -0.25) is 4.99 Å². The van der Waals surface area contributed by atoms with Gasteiger partial charge in [0, 0.05) is 25.5 Å². The zero-order valence-corrected chi connectivity index (χ0v) is 15.7. The first-order valence-corrected chi connectivity index (χ1v) is 7.43. The quantitative estimate of drug-likeness (QED) is 0.473. The number of rotatable bonds is 4. The van der Waals surface area contributed by atoms with E-state index in [4.69, 9.17) is 0 Å². The van der Waals surface area contributed by atoms with Gasteiger partial charge in [0.25, 0.3) is 0 Å². The molecule has 2 rings (SSSR count). The number of aromatic nitrogens is 1. The molecule has 0 spiro atoms. The number of guanidine groups is 1. The number of nitrogens with one attached hydrogen (secondary N) is 1. The van der Waals surface area contributed by atoms with Crippen molar-refractivity contribution in [3.05, 3.63) is 52.0 Å². The molecule has 0 aliphatic rings. The molecule has 1 aromatic heterocycles. The molecule has 0 fully saturated rings. The molecule has 2 aromatic rings.